The van der Waals surface area contributed by atoms with E-state index in [4.69, 9.17) is 0 Å². The number of fused-ring (bicyclic) bond motifs is 1. The van der Waals surface area contributed by atoms with Gasteiger partial charge in [0.15, 0.2) is 0 Å². The lowest BCUT2D eigenvalue weighted by Crippen LogP contribution is -2.53. The molecule has 1 N–H and O–H groups in total. The predicted octanol–water partition coefficient (Wildman–Crippen LogP) is 3.20. The molecule has 2 amide bonds. The fourth-order valence-corrected chi connectivity index (χ4v) is 3.90. The number of amides is 2. The lowest BCUT2D eigenvalue weighted by molar-refractivity contribution is 0.0537. The summed E-state index contributed by atoms with van der Waals surface area (Å²) in [5.41, 5.74) is 2.27. The molecule has 0 spiro atoms. The van der Waals surface area contributed by atoms with Crippen LogP contribution in [0, 0.1) is 0 Å². The van der Waals surface area contributed by atoms with Crippen LogP contribution in [0.25, 0.3) is 0 Å². The van der Waals surface area contributed by atoms with Crippen LogP contribution < -0.4 is 5.32 Å². The highest BCUT2D eigenvalue weighted by molar-refractivity contribution is 6.21. The summed E-state index contributed by atoms with van der Waals surface area (Å²) in [6, 6.07) is 17.3. The van der Waals surface area contributed by atoms with Gasteiger partial charge in [-0.05, 0) is 37.0 Å². The summed E-state index contributed by atoms with van der Waals surface area (Å²) >= 11 is 0. The molecule has 0 saturated heterocycles. The number of hydrogen-bond donors (Lipinski definition) is 1. The molecular formula is C22H22N2O2. The summed E-state index contributed by atoms with van der Waals surface area (Å²) in [6.45, 7) is 0.773. The second-order valence-corrected chi connectivity index (χ2v) is 6.84. The average Bonchev–Trinajstić information content (AvgIpc) is 2.95. The zero-order valence-electron chi connectivity index (χ0n) is 14.6. The summed E-state index contributed by atoms with van der Waals surface area (Å²) in [7, 11) is 0. The second-order valence-electron chi connectivity index (χ2n) is 6.84. The summed E-state index contributed by atoms with van der Waals surface area (Å²) in [6.07, 6.45) is 6.64. The van der Waals surface area contributed by atoms with E-state index in [2.05, 4.69) is 29.6 Å². The highest BCUT2D eigenvalue weighted by Gasteiger charge is 2.42. The van der Waals surface area contributed by atoms with Crippen LogP contribution in [-0.4, -0.2) is 35.3 Å². The fourth-order valence-electron chi connectivity index (χ4n) is 3.90. The van der Waals surface area contributed by atoms with Gasteiger partial charge in [-0.25, -0.2) is 0 Å². The molecule has 132 valence electrons. The maximum Gasteiger partial charge on any atom is 0.261 e. The molecule has 0 aliphatic carbocycles. The van der Waals surface area contributed by atoms with Crippen LogP contribution in [-0.2, 0) is 6.42 Å². The number of aryl methyl sites for hydroxylation is 1. The number of carbonyl (C=O) groups excluding carboxylic acids is 2. The Morgan fingerprint density at radius 1 is 0.923 bits per heavy atom. The van der Waals surface area contributed by atoms with Crippen molar-refractivity contribution in [3.63, 3.8) is 0 Å². The lowest BCUT2D eigenvalue weighted by Gasteiger charge is -2.35. The third kappa shape index (κ3) is 3.08. The molecule has 0 radical (unpaired) electrons. The van der Waals surface area contributed by atoms with Gasteiger partial charge in [0, 0.05) is 12.6 Å². The molecule has 2 aromatic carbocycles. The van der Waals surface area contributed by atoms with E-state index in [9.17, 15) is 9.59 Å². The predicted molar refractivity (Wildman–Crippen MR) is 101 cm³/mol. The molecule has 0 bridgehead atoms. The van der Waals surface area contributed by atoms with Crippen LogP contribution in [0.15, 0.2) is 66.7 Å². The highest BCUT2D eigenvalue weighted by atomic mass is 16.2. The molecule has 4 nitrogen and oxygen atoms in total. The summed E-state index contributed by atoms with van der Waals surface area (Å²) in [5, 5.41) is 3.47. The third-order valence-corrected chi connectivity index (χ3v) is 5.25. The minimum absolute atomic E-state index is 0.0888. The number of carbonyl (C=O) groups is 2. The first kappa shape index (κ1) is 16.7. The molecular weight excluding hydrogens is 324 g/mol. The molecule has 2 aliphatic heterocycles. The summed E-state index contributed by atoms with van der Waals surface area (Å²) < 4.78 is 0. The van der Waals surface area contributed by atoms with Crippen molar-refractivity contribution in [2.45, 2.75) is 31.3 Å². The Balaban J connectivity index is 1.61. The fraction of sp³-hybridized carbons (Fsp3) is 0.273. The van der Waals surface area contributed by atoms with E-state index in [-0.39, 0.29) is 23.9 Å². The molecule has 2 heterocycles. The monoisotopic (exact) mass is 346 g/mol. The quantitative estimate of drug-likeness (QED) is 0.668. The molecule has 0 aromatic heterocycles. The largest absolute Gasteiger partial charge is 0.308 e. The lowest BCUT2D eigenvalue weighted by atomic mass is 9.94. The van der Waals surface area contributed by atoms with Crippen molar-refractivity contribution in [3.8, 4) is 0 Å². The number of benzene rings is 2. The molecule has 2 unspecified atom stereocenters. The van der Waals surface area contributed by atoms with Gasteiger partial charge in [0.05, 0.1) is 17.2 Å². The van der Waals surface area contributed by atoms with Crippen LogP contribution in [0.5, 0.6) is 0 Å². The van der Waals surface area contributed by atoms with Gasteiger partial charge in [-0.1, -0.05) is 54.6 Å². The number of nitrogens with one attached hydrogen (secondary N) is 1. The standard InChI is InChI=1S/C22H22N2O2/c25-21-17-10-4-5-11-18(17)22(26)24(21)20(19-12-6-7-15-23-19)14-13-16-8-2-1-3-9-16/h1-11,19-20,23H,12-15H2. The summed E-state index contributed by atoms with van der Waals surface area (Å²) in [4.78, 5) is 27.4. The Bertz CT molecular complexity index is 809. The van der Waals surface area contributed by atoms with Gasteiger partial charge in [-0.2, -0.15) is 0 Å². The van der Waals surface area contributed by atoms with Gasteiger partial charge in [-0.15, -0.1) is 0 Å². The van der Waals surface area contributed by atoms with Crippen molar-refractivity contribution in [1.29, 1.82) is 0 Å². The van der Waals surface area contributed by atoms with E-state index < -0.39 is 0 Å². The van der Waals surface area contributed by atoms with Crippen molar-refractivity contribution in [1.82, 2.24) is 10.2 Å². The second kappa shape index (κ2) is 7.26. The molecule has 4 rings (SSSR count). The smallest absolute Gasteiger partial charge is 0.261 e. The van der Waals surface area contributed by atoms with Gasteiger partial charge in [-0.3, -0.25) is 14.5 Å². The zero-order valence-corrected chi connectivity index (χ0v) is 14.6. The molecule has 26 heavy (non-hydrogen) atoms. The van der Waals surface area contributed by atoms with E-state index >= 15 is 0 Å². The van der Waals surface area contributed by atoms with Crippen molar-refractivity contribution < 1.29 is 9.59 Å². The van der Waals surface area contributed by atoms with Gasteiger partial charge in [0.2, 0.25) is 0 Å². The molecule has 2 aliphatic rings. The maximum atomic E-state index is 13.0. The van der Waals surface area contributed by atoms with Crippen LogP contribution >= 0.6 is 0 Å². The van der Waals surface area contributed by atoms with Gasteiger partial charge >= 0.3 is 0 Å². The van der Waals surface area contributed by atoms with E-state index in [1.54, 1.807) is 12.1 Å². The number of imide groups is 1. The minimum Gasteiger partial charge on any atom is -0.308 e. The molecule has 0 fully saturated rings. The normalized spacial score (nSPS) is 20.3. The third-order valence-electron chi connectivity index (χ3n) is 5.25. The van der Waals surface area contributed by atoms with Crippen molar-refractivity contribution in [2.24, 2.45) is 0 Å². The van der Waals surface area contributed by atoms with E-state index in [0.717, 1.165) is 25.8 Å². The Kier molecular flexibility index (Phi) is 4.67. The Morgan fingerprint density at radius 2 is 1.58 bits per heavy atom. The average molecular weight is 346 g/mol. The molecule has 0 saturated carbocycles. The molecule has 4 heteroatoms. The van der Waals surface area contributed by atoms with Gasteiger partial charge < -0.3 is 5.32 Å². The van der Waals surface area contributed by atoms with Crippen molar-refractivity contribution >= 4 is 11.8 Å². The van der Waals surface area contributed by atoms with Crippen molar-refractivity contribution in [3.05, 3.63) is 83.4 Å². The van der Waals surface area contributed by atoms with Gasteiger partial charge in [0.25, 0.3) is 11.8 Å². The number of hydrogen-bond acceptors (Lipinski definition) is 3. The maximum absolute atomic E-state index is 13.0. The summed E-state index contributed by atoms with van der Waals surface area (Å²) in [5.74, 6) is -0.333. The van der Waals surface area contributed by atoms with Crippen LogP contribution in [0.4, 0.5) is 0 Å². The minimum atomic E-state index is -0.167. The van der Waals surface area contributed by atoms with E-state index in [1.807, 2.05) is 30.3 Å². The highest BCUT2D eigenvalue weighted by Crippen LogP contribution is 2.28. The van der Waals surface area contributed by atoms with Crippen LogP contribution in [0.1, 0.15) is 39.1 Å². The molecule has 2 aromatic rings. The van der Waals surface area contributed by atoms with Crippen LogP contribution in [0.3, 0.4) is 0 Å². The topological polar surface area (TPSA) is 49.4 Å². The van der Waals surface area contributed by atoms with Gasteiger partial charge in [0.1, 0.15) is 0 Å². The van der Waals surface area contributed by atoms with Crippen molar-refractivity contribution in [2.75, 3.05) is 6.54 Å². The first-order valence-corrected chi connectivity index (χ1v) is 9.15. The number of nitrogens with zero attached hydrogens (tertiary/aromatic N) is 1. The Morgan fingerprint density at radius 3 is 2.19 bits per heavy atom. The van der Waals surface area contributed by atoms with E-state index in [1.165, 1.54) is 10.5 Å². The first-order valence-electron chi connectivity index (χ1n) is 9.15. The number of rotatable bonds is 5. The molecule has 2 atom stereocenters. The zero-order chi connectivity index (χ0) is 17.9. The Labute approximate surface area is 153 Å². The first-order chi connectivity index (χ1) is 12.8. The Hall–Kier alpha value is -2.72. The van der Waals surface area contributed by atoms with E-state index in [0.29, 0.717) is 11.1 Å². The SMILES string of the molecule is O=C1c2ccccc2C(=O)N1C(CCc1ccccc1)C1CC=CCN1. The van der Waals surface area contributed by atoms with Crippen LogP contribution in [0.2, 0.25) is 0 Å².